The van der Waals surface area contributed by atoms with E-state index in [0.29, 0.717) is 19.0 Å². The summed E-state index contributed by atoms with van der Waals surface area (Å²) in [6, 6.07) is 10.9. The maximum absolute atomic E-state index is 11.3. The number of ether oxygens (including phenoxy) is 2. The third kappa shape index (κ3) is 5.20. The summed E-state index contributed by atoms with van der Waals surface area (Å²) in [5, 5.41) is 3.34. The van der Waals surface area contributed by atoms with Crippen LogP contribution >= 0.6 is 0 Å². The Morgan fingerprint density at radius 1 is 1.33 bits per heavy atom. The Hall–Kier alpha value is -2.12. The molecule has 0 bridgehead atoms. The molecule has 7 nitrogen and oxygen atoms in total. The molecule has 1 aromatic carbocycles. The fourth-order valence-corrected chi connectivity index (χ4v) is 3.73. The fraction of sp³-hybridized carbons (Fsp3) is 0.600. The number of fused-ring (bicyclic) bond motifs is 1. The second-order valence-electron chi connectivity index (χ2n) is 6.90. The van der Waals surface area contributed by atoms with E-state index in [2.05, 4.69) is 57.4 Å². The van der Waals surface area contributed by atoms with Crippen LogP contribution in [0.2, 0.25) is 0 Å². The number of methoxy groups -OCH3 is 1. The van der Waals surface area contributed by atoms with Gasteiger partial charge in [0.2, 0.25) is 0 Å². The largest absolute Gasteiger partial charge is 0.469 e. The molecule has 3 rings (SSSR count). The number of hydrogen-bond acceptors (Lipinski definition) is 5. The first-order chi connectivity index (χ1) is 13.2. The number of esters is 1. The van der Waals surface area contributed by atoms with Crippen molar-refractivity contribution in [2.75, 3.05) is 46.4 Å². The van der Waals surface area contributed by atoms with Gasteiger partial charge in [-0.15, -0.1) is 0 Å². The molecule has 1 N–H and O–H groups in total. The van der Waals surface area contributed by atoms with Gasteiger partial charge in [-0.25, -0.2) is 0 Å². The molecule has 2 aliphatic heterocycles. The highest BCUT2D eigenvalue weighted by molar-refractivity contribution is 5.81. The molecular weight excluding hydrogens is 344 g/mol. The number of likely N-dealkylation sites (tertiary alicyclic amines) is 1. The van der Waals surface area contributed by atoms with E-state index in [1.807, 2.05) is 0 Å². The second-order valence-corrected chi connectivity index (χ2v) is 6.90. The van der Waals surface area contributed by atoms with E-state index in [9.17, 15) is 4.79 Å². The van der Waals surface area contributed by atoms with Gasteiger partial charge in [0, 0.05) is 32.7 Å². The van der Waals surface area contributed by atoms with Crippen molar-refractivity contribution in [1.29, 1.82) is 0 Å². The van der Waals surface area contributed by atoms with Crippen molar-refractivity contribution in [3.05, 3.63) is 35.9 Å². The number of carbonyl (C=O) groups excluding carboxylic acids is 1. The van der Waals surface area contributed by atoms with Crippen LogP contribution in [0.3, 0.4) is 0 Å². The average molecular weight is 374 g/mol. The fourth-order valence-electron chi connectivity index (χ4n) is 3.73. The minimum atomic E-state index is -0.234. The molecule has 2 fully saturated rings. The Morgan fingerprint density at radius 3 is 2.89 bits per heavy atom. The van der Waals surface area contributed by atoms with Gasteiger partial charge in [-0.3, -0.25) is 14.7 Å². The number of guanidine groups is 1. The third-order valence-corrected chi connectivity index (χ3v) is 5.08. The number of morpholine rings is 1. The van der Waals surface area contributed by atoms with Crippen LogP contribution in [0.5, 0.6) is 0 Å². The lowest BCUT2D eigenvalue weighted by Crippen LogP contribution is -2.50. The maximum atomic E-state index is 11.3. The van der Waals surface area contributed by atoms with Gasteiger partial charge >= 0.3 is 5.97 Å². The van der Waals surface area contributed by atoms with Crippen molar-refractivity contribution >= 4 is 11.9 Å². The van der Waals surface area contributed by atoms with Crippen LogP contribution in [0.1, 0.15) is 18.9 Å². The van der Waals surface area contributed by atoms with Gasteiger partial charge in [0.15, 0.2) is 5.96 Å². The molecule has 148 valence electrons. The second kappa shape index (κ2) is 9.71. The van der Waals surface area contributed by atoms with Crippen molar-refractivity contribution in [3.8, 4) is 0 Å². The van der Waals surface area contributed by atoms with Gasteiger partial charge in [0.25, 0.3) is 0 Å². The summed E-state index contributed by atoms with van der Waals surface area (Å²) in [5.41, 5.74) is 1.33. The minimum absolute atomic E-state index is 0.187. The van der Waals surface area contributed by atoms with Crippen LogP contribution in [-0.4, -0.2) is 80.3 Å². The molecule has 27 heavy (non-hydrogen) atoms. The van der Waals surface area contributed by atoms with E-state index < -0.39 is 0 Å². The van der Waals surface area contributed by atoms with Crippen LogP contribution in [0.15, 0.2) is 35.3 Å². The summed E-state index contributed by atoms with van der Waals surface area (Å²) in [5.74, 6) is 0.612. The van der Waals surface area contributed by atoms with Crippen molar-refractivity contribution in [2.24, 2.45) is 4.99 Å². The van der Waals surface area contributed by atoms with E-state index >= 15 is 0 Å². The third-order valence-electron chi connectivity index (χ3n) is 5.08. The molecule has 2 saturated heterocycles. The number of nitrogens with one attached hydrogen (secondary N) is 1. The van der Waals surface area contributed by atoms with E-state index in [-0.39, 0.29) is 12.1 Å². The zero-order valence-electron chi connectivity index (χ0n) is 16.3. The molecule has 0 amide bonds. The summed E-state index contributed by atoms with van der Waals surface area (Å²) in [7, 11) is 1.40. The Bertz CT molecular complexity index is 637. The smallest absolute Gasteiger partial charge is 0.307 e. The van der Waals surface area contributed by atoms with Crippen molar-refractivity contribution in [2.45, 2.75) is 32.0 Å². The van der Waals surface area contributed by atoms with Crippen molar-refractivity contribution in [1.82, 2.24) is 15.1 Å². The quantitative estimate of drug-likeness (QED) is 0.457. The molecule has 0 aromatic heterocycles. The predicted octanol–water partition coefficient (Wildman–Crippen LogP) is 1.10. The van der Waals surface area contributed by atoms with Crippen molar-refractivity contribution < 1.29 is 14.3 Å². The van der Waals surface area contributed by atoms with E-state index in [4.69, 9.17) is 9.47 Å². The molecule has 2 unspecified atom stereocenters. The van der Waals surface area contributed by atoms with Gasteiger partial charge < -0.3 is 19.7 Å². The SMILES string of the molecule is CCNC(=NCCC(=O)OC)N1CC2OCCN(Cc3ccccc3)C2C1. The minimum Gasteiger partial charge on any atom is -0.469 e. The Kier molecular flexibility index (Phi) is 7.06. The summed E-state index contributed by atoms with van der Waals surface area (Å²) in [4.78, 5) is 20.7. The number of benzene rings is 1. The highest BCUT2D eigenvalue weighted by atomic mass is 16.5. The molecule has 7 heteroatoms. The Morgan fingerprint density at radius 2 is 2.15 bits per heavy atom. The first kappa shape index (κ1) is 19.6. The Balaban J connectivity index is 1.64. The van der Waals surface area contributed by atoms with E-state index in [1.165, 1.54) is 12.7 Å². The molecule has 2 atom stereocenters. The monoisotopic (exact) mass is 374 g/mol. The lowest BCUT2D eigenvalue weighted by Gasteiger charge is -2.36. The van der Waals surface area contributed by atoms with Crippen LogP contribution in [0, 0.1) is 0 Å². The molecule has 0 aliphatic carbocycles. The molecule has 0 saturated carbocycles. The van der Waals surface area contributed by atoms with Crippen LogP contribution in [-0.2, 0) is 20.8 Å². The number of hydrogen-bond donors (Lipinski definition) is 1. The van der Waals surface area contributed by atoms with Crippen molar-refractivity contribution in [3.63, 3.8) is 0 Å². The summed E-state index contributed by atoms with van der Waals surface area (Å²) >= 11 is 0. The van der Waals surface area contributed by atoms with Crippen LogP contribution in [0.4, 0.5) is 0 Å². The summed E-state index contributed by atoms with van der Waals surface area (Å²) in [6.07, 6.45) is 0.481. The number of nitrogens with zero attached hydrogens (tertiary/aromatic N) is 3. The number of aliphatic imine (C=N–C) groups is 1. The normalized spacial score (nSPS) is 23.2. The number of carbonyl (C=O) groups is 1. The van der Waals surface area contributed by atoms with Crippen LogP contribution in [0.25, 0.3) is 0 Å². The molecule has 1 aromatic rings. The maximum Gasteiger partial charge on any atom is 0.307 e. The van der Waals surface area contributed by atoms with Gasteiger partial charge in [0.1, 0.15) is 0 Å². The lowest BCUT2D eigenvalue weighted by molar-refractivity contribution is -0.140. The molecule has 2 aliphatic rings. The van der Waals surface area contributed by atoms with Gasteiger partial charge in [0.05, 0.1) is 38.8 Å². The van der Waals surface area contributed by atoms with E-state index in [0.717, 1.165) is 45.3 Å². The number of rotatable bonds is 6. The zero-order valence-corrected chi connectivity index (χ0v) is 16.3. The van der Waals surface area contributed by atoms with Gasteiger partial charge in [-0.05, 0) is 12.5 Å². The molecular formula is C20H30N4O3. The van der Waals surface area contributed by atoms with Gasteiger partial charge in [-0.1, -0.05) is 30.3 Å². The first-order valence-corrected chi connectivity index (χ1v) is 9.71. The summed E-state index contributed by atoms with van der Waals surface area (Å²) < 4.78 is 10.7. The molecule has 0 radical (unpaired) electrons. The topological polar surface area (TPSA) is 66.4 Å². The lowest BCUT2D eigenvalue weighted by atomic mass is 10.1. The predicted molar refractivity (Wildman–Crippen MR) is 105 cm³/mol. The Labute approximate surface area is 161 Å². The highest BCUT2D eigenvalue weighted by Crippen LogP contribution is 2.24. The molecule has 2 heterocycles. The van der Waals surface area contributed by atoms with Crippen LogP contribution < -0.4 is 5.32 Å². The zero-order chi connectivity index (χ0) is 19.1. The van der Waals surface area contributed by atoms with E-state index in [1.54, 1.807) is 0 Å². The summed E-state index contributed by atoms with van der Waals surface area (Å²) in [6.45, 7) is 7.61. The van der Waals surface area contributed by atoms with Gasteiger partial charge in [-0.2, -0.15) is 0 Å². The average Bonchev–Trinajstić information content (AvgIpc) is 3.13. The highest BCUT2D eigenvalue weighted by Gasteiger charge is 2.41. The standard InChI is InChI=1S/C20H30N4O3/c1-3-21-20(22-10-9-19(25)26-2)24-14-17-18(15-24)27-12-11-23(17)13-16-7-5-4-6-8-16/h4-8,17-18H,3,9-15H2,1-2H3,(H,21,22). The molecule has 0 spiro atoms. The first-order valence-electron chi connectivity index (χ1n) is 9.71.